The summed E-state index contributed by atoms with van der Waals surface area (Å²) in [6.07, 6.45) is 1.32. The molecule has 0 atom stereocenters. The summed E-state index contributed by atoms with van der Waals surface area (Å²) >= 11 is 0. The first-order chi connectivity index (χ1) is 9.01. The molecule has 0 bridgehead atoms. The lowest BCUT2D eigenvalue weighted by Crippen LogP contribution is -2.00. The van der Waals surface area contributed by atoms with Crippen LogP contribution < -0.4 is 0 Å². The lowest BCUT2D eigenvalue weighted by molar-refractivity contribution is -0.389. The van der Waals surface area contributed by atoms with Crippen molar-refractivity contribution in [3.63, 3.8) is 0 Å². The molecular formula is C11H11N3O5. The van der Waals surface area contributed by atoms with Crippen molar-refractivity contribution in [1.29, 1.82) is 0 Å². The minimum atomic E-state index is -0.570. The van der Waals surface area contributed by atoms with Crippen LogP contribution in [0, 0.1) is 17.0 Å². The van der Waals surface area contributed by atoms with Crippen molar-refractivity contribution in [3.8, 4) is 0 Å². The third kappa shape index (κ3) is 2.62. The summed E-state index contributed by atoms with van der Waals surface area (Å²) in [7, 11) is 1.26. The summed E-state index contributed by atoms with van der Waals surface area (Å²) in [5, 5.41) is 10.6. The molecule has 19 heavy (non-hydrogen) atoms. The van der Waals surface area contributed by atoms with E-state index in [1.54, 1.807) is 17.6 Å². The van der Waals surface area contributed by atoms with E-state index in [2.05, 4.69) is 9.72 Å². The minimum Gasteiger partial charge on any atom is -0.463 e. The smallest absolute Gasteiger partial charge is 0.381 e. The van der Waals surface area contributed by atoms with Crippen molar-refractivity contribution < 1.29 is 18.9 Å². The van der Waals surface area contributed by atoms with E-state index in [0.717, 1.165) is 0 Å². The predicted molar refractivity (Wildman–Crippen MR) is 62.8 cm³/mol. The molecule has 0 unspecified atom stereocenters. The van der Waals surface area contributed by atoms with Gasteiger partial charge in [0, 0.05) is 6.92 Å². The van der Waals surface area contributed by atoms with Gasteiger partial charge in [-0.2, -0.15) is 0 Å². The molecule has 0 radical (unpaired) electrons. The third-order valence-electron chi connectivity index (χ3n) is 2.52. The maximum atomic E-state index is 11.2. The zero-order valence-electron chi connectivity index (χ0n) is 10.3. The number of aromatic nitrogens is 2. The van der Waals surface area contributed by atoms with Crippen molar-refractivity contribution >= 4 is 11.8 Å². The topological polar surface area (TPSA) is 100 Å². The quantitative estimate of drug-likeness (QED) is 0.472. The van der Waals surface area contributed by atoms with Crippen molar-refractivity contribution in [1.82, 2.24) is 9.55 Å². The number of hydrogen-bond donors (Lipinski definition) is 0. The number of nitro groups is 1. The van der Waals surface area contributed by atoms with Crippen molar-refractivity contribution in [2.24, 2.45) is 0 Å². The molecule has 100 valence electrons. The zero-order valence-corrected chi connectivity index (χ0v) is 10.3. The molecule has 8 nitrogen and oxygen atoms in total. The Bertz CT molecular complexity index is 628. The molecule has 2 heterocycles. The molecule has 0 saturated carbocycles. The second kappa shape index (κ2) is 4.92. The highest BCUT2D eigenvalue weighted by atomic mass is 16.6. The monoisotopic (exact) mass is 265 g/mol. The normalized spacial score (nSPS) is 10.4. The first-order valence-corrected chi connectivity index (χ1v) is 5.36. The van der Waals surface area contributed by atoms with E-state index in [9.17, 15) is 14.9 Å². The SMILES string of the molecule is COC(=O)c1ccc(Cn2cc([N+](=O)[O-])nc2C)o1. The summed E-state index contributed by atoms with van der Waals surface area (Å²) in [6.45, 7) is 1.90. The average molecular weight is 265 g/mol. The van der Waals surface area contributed by atoms with Gasteiger partial charge in [0.25, 0.3) is 0 Å². The van der Waals surface area contributed by atoms with Crippen molar-refractivity contribution in [2.45, 2.75) is 13.5 Å². The van der Waals surface area contributed by atoms with Gasteiger partial charge in [0.2, 0.25) is 11.6 Å². The predicted octanol–water partition coefficient (Wildman–Crippen LogP) is 1.53. The fraction of sp³-hybridized carbons (Fsp3) is 0.273. The summed E-state index contributed by atoms with van der Waals surface area (Å²) in [5.41, 5.74) is 0. The number of ether oxygens (including phenoxy) is 1. The van der Waals surface area contributed by atoms with Crippen LogP contribution in [0.25, 0.3) is 0 Å². The Morgan fingerprint density at radius 2 is 2.32 bits per heavy atom. The van der Waals surface area contributed by atoms with Gasteiger partial charge in [0.1, 0.15) is 12.0 Å². The Morgan fingerprint density at radius 1 is 1.58 bits per heavy atom. The van der Waals surface area contributed by atoms with E-state index in [1.165, 1.54) is 19.4 Å². The largest absolute Gasteiger partial charge is 0.463 e. The van der Waals surface area contributed by atoms with Crippen LogP contribution in [0.1, 0.15) is 22.1 Å². The van der Waals surface area contributed by atoms with Gasteiger partial charge in [-0.3, -0.25) is 0 Å². The molecule has 2 aromatic rings. The van der Waals surface area contributed by atoms with Crippen LogP contribution >= 0.6 is 0 Å². The second-order valence-electron chi connectivity index (χ2n) is 3.79. The lowest BCUT2D eigenvalue weighted by Gasteiger charge is -1.98. The zero-order chi connectivity index (χ0) is 14.0. The Morgan fingerprint density at radius 3 is 2.89 bits per heavy atom. The number of aryl methyl sites for hydroxylation is 1. The molecule has 0 aliphatic rings. The molecule has 0 aliphatic carbocycles. The van der Waals surface area contributed by atoms with Crippen molar-refractivity contribution in [3.05, 3.63) is 45.8 Å². The molecule has 0 saturated heterocycles. The molecule has 2 rings (SSSR count). The highest BCUT2D eigenvalue weighted by Gasteiger charge is 2.17. The summed E-state index contributed by atoms with van der Waals surface area (Å²) in [5.74, 6) is 0.264. The van der Waals surface area contributed by atoms with Gasteiger partial charge < -0.3 is 23.8 Å². The number of hydrogen-bond acceptors (Lipinski definition) is 6. The standard InChI is InChI=1S/C11H11N3O5/c1-7-12-10(14(16)17)6-13(7)5-8-3-4-9(19-8)11(15)18-2/h3-4,6H,5H2,1-2H3. The van der Waals surface area contributed by atoms with Gasteiger partial charge in [0.15, 0.2) is 0 Å². The Labute approximate surface area is 107 Å². The van der Waals surface area contributed by atoms with Crippen LogP contribution in [-0.2, 0) is 11.3 Å². The number of esters is 1. The van der Waals surface area contributed by atoms with E-state index in [1.807, 2.05) is 0 Å². The van der Waals surface area contributed by atoms with Crippen LogP contribution in [0.3, 0.4) is 0 Å². The van der Waals surface area contributed by atoms with Gasteiger partial charge in [-0.05, 0) is 22.0 Å². The number of nitrogens with zero attached hydrogens (tertiary/aromatic N) is 3. The molecule has 0 spiro atoms. The molecule has 2 aromatic heterocycles. The number of furan rings is 1. The Kier molecular flexibility index (Phi) is 3.32. The fourth-order valence-corrected chi connectivity index (χ4v) is 1.58. The Balaban J connectivity index is 2.19. The van der Waals surface area contributed by atoms with Gasteiger partial charge >= 0.3 is 11.8 Å². The van der Waals surface area contributed by atoms with Gasteiger partial charge in [-0.1, -0.05) is 0 Å². The van der Waals surface area contributed by atoms with Gasteiger partial charge in [-0.15, -0.1) is 0 Å². The molecular weight excluding hydrogens is 254 g/mol. The molecule has 0 N–H and O–H groups in total. The maximum absolute atomic E-state index is 11.2. The highest BCUT2D eigenvalue weighted by Crippen LogP contribution is 2.15. The van der Waals surface area contributed by atoms with Crippen LogP contribution in [0.4, 0.5) is 5.82 Å². The van der Waals surface area contributed by atoms with Crippen LogP contribution in [-0.4, -0.2) is 27.6 Å². The van der Waals surface area contributed by atoms with Gasteiger partial charge in [-0.25, -0.2) is 4.79 Å². The summed E-state index contributed by atoms with van der Waals surface area (Å²) in [4.78, 5) is 25.0. The van der Waals surface area contributed by atoms with E-state index < -0.39 is 10.9 Å². The molecule has 8 heteroatoms. The molecule has 0 aliphatic heterocycles. The van der Waals surface area contributed by atoms with Crippen LogP contribution in [0.15, 0.2) is 22.7 Å². The number of carbonyl (C=O) groups excluding carboxylic acids is 1. The summed E-state index contributed by atoms with van der Waals surface area (Å²) < 4.78 is 11.4. The third-order valence-corrected chi connectivity index (χ3v) is 2.52. The Hall–Kier alpha value is -2.64. The summed E-state index contributed by atoms with van der Waals surface area (Å²) in [6, 6.07) is 3.10. The number of imidazole rings is 1. The van der Waals surface area contributed by atoms with Gasteiger partial charge in [0.05, 0.1) is 13.7 Å². The minimum absolute atomic E-state index is 0.0877. The van der Waals surface area contributed by atoms with Crippen molar-refractivity contribution in [2.75, 3.05) is 7.11 Å². The molecule has 0 aromatic carbocycles. The number of methoxy groups -OCH3 is 1. The number of carbonyl (C=O) groups is 1. The van der Waals surface area contributed by atoms with E-state index in [-0.39, 0.29) is 18.1 Å². The van der Waals surface area contributed by atoms with Crippen LogP contribution in [0.5, 0.6) is 0 Å². The highest BCUT2D eigenvalue weighted by molar-refractivity contribution is 5.86. The first kappa shape index (κ1) is 12.8. The fourth-order valence-electron chi connectivity index (χ4n) is 1.58. The van der Waals surface area contributed by atoms with E-state index in [4.69, 9.17) is 4.42 Å². The second-order valence-corrected chi connectivity index (χ2v) is 3.79. The van der Waals surface area contributed by atoms with E-state index in [0.29, 0.717) is 11.6 Å². The molecule has 0 fully saturated rings. The molecule has 0 amide bonds. The maximum Gasteiger partial charge on any atom is 0.381 e. The first-order valence-electron chi connectivity index (χ1n) is 5.36. The average Bonchev–Trinajstić information content (AvgIpc) is 2.97. The van der Waals surface area contributed by atoms with Crippen LogP contribution in [0.2, 0.25) is 0 Å². The van der Waals surface area contributed by atoms with E-state index >= 15 is 0 Å². The lowest BCUT2D eigenvalue weighted by atomic mass is 10.4. The number of rotatable bonds is 4.